The number of hydrogen-bond acceptors (Lipinski definition) is 5. The van der Waals surface area contributed by atoms with E-state index in [-0.39, 0.29) is 0 Å². The van der Waals surface area contributed by atoms with Crippen molar-refractivity contribution in [2.24, 2.45) is 0 Å². The fourth-order valence-electron chi connectivity index (χ4n) is 2.24. The van der Waals surface area contributed by atoms with Crippen LogP contribution in [0.3, 0.4) is 0 Å². The van der Waals surface area contributed by atoms with Crippen LogP contribution in [-0.2, 0) is 0 Å². The first-order valence-corrected chi connectivity index (χ1v) is 6.16. The summed E-state index contributed by atoms with van der Waals surface area (Å²) in [4.78, 5) is 16.0. The molecule has 98 valence electrons. The number of nitrogens with one attached hydrogen (secondary N) is 3. The van der Waals surface area contributed by atoms with Crippen molar-refractivity contribution in [2.45, 2.75) is 6.92 Å². The molecule has 20 heavy (non-hydrogen) atoms. The van der Waals surface area contributed by atoms with Gasteiger partial charge in [-0.3, -0.25) is 5.10 Å². The Kier molecular flexibility index (Phi) is 2.19. The molecule has 0 saturated heterocycles. The maximum absolute atomic E-state index is 4.34. The third-order valence-electron chi connectivity index (χ3n) is 3.24. The highest BCUT2D eigenvalue weighted by molar-refractivity contribution is 5.92. The van der Waals surface area contributed by atoms with Crippen LogP contribution in [0.5, 0.6) is 0 Å². The van der Waals surface area contributed by atoms with Gasteiger partial charge in [-0.15, -0.1) is 0 Å². The van der Waals surface area contributed by atoms with Crippen LogP contribution < -0.4 is 5.32 Å². The topological polar surface area (TPSA) is 95.2 Å². The molecule has 0 fully saturated rings. The SMILES string of the molecule is Cc1c[nH]c2ncnc(Nc3cc4cn[nH]c4cn3)c12. The number of hydrogen-bond donors (Lipinski definition) is 3. The fourth-order valence-corrected chi connectivity index (χ4v) is 2.24. The largest absolute Gasteiger partial charge is 0.346 e. The molecule has 0 bridgehead atoms. The van der Waals surface area contributed by atoms with Crippen molar-refractivity contribution in [3.63, 3.8) is 0 Å². The highest BCUT2D eigenvalue weighted by atomic mass is 15.1. The molecule has 7 heteroatoms. The van der Waals surface area contributed by atoms with Gasteiger partial charge in [-0.05, 0) is 18.6 Å². The molecule has 3 N–H and O–H groups in total. The normalized spacial score (nSPS) is 11.2. The maximum Gasteiger partial charge on any atom is 0.144 e. The zero-order valence-corrected chi connectivity index (χ0v) is 10.7. The van der Waals surface area contributed by atoms with Crippen LogP contribution in [0.4, 0.5) is 11.6 Å². The van der Waals surface area contributed by atoms with Crippen LogP contribution in [-0.4, -0.2) is 30.1 Å². The van der Waals surface area contributed by atoms with Gasteiger partial charge in [0.1, 0.15) is 23.6 Å². The zero-order chi connectivity index (χ0) is 13.5. The summed E-state index contributed by atoms with van der Waals surface area (Å²) < 4.78 is 0. The van der Waals surface area contributed by atoms with Crippen LogP contribution >= 0.6 is 0 Å². The minimum absolute atomic E-state index is 0.722. The number of aromatic nitrogens is 6. The van der Waals surface area contributed by atoms with Gasteiger partial charge in [0, 0.05) is 11.6 Å². The number of nitrogens with zero attached hydrogens (tertiary/aromatic N) is 4. The molecule has 0 aliphatic heterocycles. The van der Waals surface area contributed by atoms with Gasteiger partial charge >= 0.3 is 0 Å². The summed E-state index contributed by atoms with van der Waals surface area (Å²) in [6.45, 7) is 2.01. The Morgan fingerprint density at radius 1 is 1.15 bits per heavy atom. The van der Waals surface area contributed by atoms with E-state index in [9.17, 15) is 0 Å². The molecule has 0 spiro atoms. The van der Waals surface area contributed by atoms with Crippen molar-refractivity contribution < 1.29 is 0 Å². The number of pyridine rings is 1. The van der Waals surface area contributed by atoms with Gasteiger partial charge < -0.3 is 10.3 Å². The van der Waals surface area contributed by atoms with Crippen molar-refractivity contribution in [2.75, 3.05) is 5.32 Å². The van der Waals surface area contributed by atoms with E-state index in [0.717, 1.165) is 39.1 Å². The van der Waals surface area contributed by atoms with E-state index in [2.05, 4.69) is 35.5 Å². The van der Waals surface area contributed by atoms with Gasteiger partial charge in [-0.25, -0.2) is 15.0 Å². The van der Waals surface area contributed by atoms with E-state index in [1.54, 1.807) is 12.4 Å². The minimum Gasteiger partial charge on any atom is -0.346 e. The lowest BCUT2D eigenvalue weighted by Crippen LogP contribution is -1.97. The smallest absolute Gasteiger partial charge is 0.144 e. The van der Waals surface area contributed by atoms with Gasteiger partial charge in [0.2, 0.25) is 0 Å². The summed E-state index contributed by atoms with van der Waals surface area (Å²) >= 11 is 0. The predicted molar refractivity (Wildman–Crippen MR) is 75.8 cm³/mol. The Morgan fingerprint density at radius 2 is 2.10 bits per heavy atom. The molecule has 0 aromatic carbocycles. The lowest BCUT2D eigenvalue weighted by molar-refractivity contribution is 1.11. The molecule has 0 saturated carbocycles. The highest BCUT2D eigenvalue weighted by Gasteiger charge is 2.09. The van der Waals surface area contributed by atoms with Crippen molar-refractivity contribution in [3.8, 4) is 0 Å². The Bertz CT molecular complexity index is 905. The van der Waals surface area contributed by atoms with Crippen molar-refractivity contribution >= 4 is 33.6 Å². The van der Waals surface area contributed by atoms with Gasteiger partial charge in [0.15, 0.2) is 0 Å². The molecule has 4 aromatic rings. The number of rotatable bonds is 2. The first-order valence-electron chi connectivity index (χ1n) is 6.16. The second kappa shape index (κ2) is 4.02. The number of aryl methyl sites for hydroxylation is 1. The van der Waals surface area contributed by atoms with Gasteiger partial charge in [0.05, 0.1) is 23.3 Å². The number of aromatic amines is 2. The minimum atomic E-state index is 0.722. The number of H-pyrrole nitrogens is 2. The lowest BCUT2D eigenvalue weighted by atomic mass is 10.2. The third-order valence-corrected chi connectivity index (χ3v) is 3.24. The molecule has 0 atom stereocenters. The van der Waals surface area contributed by atoms with E-state index >= 15 is 0 Å². The summed E-state index contributed by atoms with van der Waals surface area (Å²) in [5.74, 6) is 1.46. The van der Waals surface area contributed by atoms with Gasteiger partial charge in [-0.1, -0.05) is 0 Å². The van der Waals surface area contributed by atoms with E-state index in [1.807, 2.05) is 19.2 Å². The molecule has 0 unspecified atom stereocenters. The molecule has 7 nitrogen and oxygen atoms in total. The second-order valence-corrected chi connectivity index (χ2v) is 4.57. The monoisotopic (exact) mass is 265 g/mol. The van der Waals surface area contributed by atoms with Crippen LogP contribution in [0.1, 0.15) is 5.56 Å². The van der Waals surface area contributed by atoms with E-state index < -0.39 is 0 Å². The highest BCUT2D eigenvalue weighted by Crippen LogP contribution is 2.25. The summed E-state index contributed by atoms with van der Waals surface area (Å²) in [5.41, 5.74) is 2.80. The van der Waals surface area contributed by atoms with Gasteiger partial charge in [0.25, 0.3) is 0 Å². The molecule has 0 aliphatic rings. The Balaban J connectivity index is 1.81. The molecule has 4 rings (SSSR count). The zero-order valence-electron chi connectivity index (χ0n) is 10.7. The number of anilines is 2. The lowest BCUT2D eigenvalue weighted by Gasteiger charge is -2.06. The molecule has 0 aliphatic carbocycles. The maximum atomic E-state index is 4.34. The van der Waals surface area contributed by atoms with Crippen molar-refractivity contribution in [1.29, 1.82) is 0 Å². The molecule has 0 radical (unpaired) electrons. The summed E-state index contributed by atoms with van der Waals surface area (Å²) in [5, 5.41) is 12.1. The van der Waals surface area contributed by atoms with E-state index in [1.165, 1.54) is 6.33 Å². The van der Waals surface area contributed by atoms with Crippen molar-refractivity contribution in [1.82, 2.24) is 30.1 Å². The summed E-state index contributed by atoms with van der Waals surface area (Å²) in [7, 11) is 0. The molecule has 4 aromatic heterocycles. The van der Waals surface area contributed by atoms with E-state index in [0.29, 0.717) is 0 Å². The first kappa shape index (κ1) is 10.9. The molecule has 0 amide bonds. The quantitative estimate of drug-likeness (QED) is 0.517. The van der Waals surface area contributed by atoms with Crippen LogP contribution in [0.2, 0.25) is 0 Å². The van der Waals surface area contributed by atoms with Crippen molar-refractivity contribution in [3.05, 3.63) is 36.5 Å². The standard InChI is InChI=1S/C13H11N7/c1-7-3-15-12-11(7)13(17-6-16-12)19-10-2-8-4-18-20-9(8)5-14-10/h2-6H,1H3,(H,18,20)(H2,14,15,16,17,19). The van der Waals surface area contributed by atoms with Crippen LogP contribution in [0, 0.1) is 6.92 Å². The first-order chi connectivity index (χ1) is 9.81. The second-order valence-electron chi connectivity index (χ2n) is 4.57. The fraction of sp³-hybridized carbons (Fsp3) is 0.0769. The van der Waals surface area contributed by atoms with Crippen LogP contribution in [0.25, 0.3) is 21.9 Å². The Labute approximate surface area is 113 Å². The number of fused-ring (bicyclic) bond motifs is 2. The Morgan fingerprint density at radius 3 is 3.05 bits per heavy atom. The van der Waals surface area contributed by atoms with Crippen LogP contribution in [0.15, 0.2) is 31.0 Å². The average molecular weight is 265 g/mol. The molecule has 4 heterocycles. The Hall–Kier alpha value is -2.96. The third kappa shape index (κ3) is 1.60. The predicted octanol–water partition coefficient (Wildman–Crippen LogP) is 2.28. The van der Waals surface area contributed by atoms with Gasteiger partial charge in [-0.2, -0.15) is 5.10 Å². The molecular weight excluding hydrogens is 254 g/mol. The molecular formula is C13H11N7. The van der Waals surface area contributed by atoms with E-state index in [4.69, 9.17) is 0 Å². The summed E-state index contributed by atoms with van der Waals surface area (Å²) in [6, 6.07) is 1.93. The summed E-state index contributed by atoms with van der Waals surface area (Å²) in [6.07, 6.45) is 6.94. The average Bonchev–Trinajstić information content (AvgIpc) is 3.06.